The maximum absolute atomic E-state index is 13.0. The van der Waals surface area contributed by atoms with E-state index in [1.807, 2.05) is 0 Å². The van der Waals surface area contributed by atoms with E-state index in [1.165, 1.54) is 4.90 Å². The summed E-state index contributed by atoms with van der Waals surface area (Å²) in [7, 11) is -2.11. The summed E-state index contributed by atoms with van der Waals surface area (Å²) in [6.07, 6.45) is -5.12. The van der Waals surface area contributed by atoms with Gasteiger partial charge in [0.2, 0.25) is 0 Å². The van der Waals surface area contributed by atoms with E-state index < -0.39 is 36.1 Å². The van der Waals surface area contributed by atoms with Gasteiger partial charge in [-0.25, -0.2) is 9.78 Å². The molecule has 1 fully saturated rings. The Hall–Kier alpha value is -2.01. The minimum atomic E-state index is -4.64. The zero-order valence-corrected chi connectivity index (χ0v) is 14.7. The number of hydrogen-bond donors (Lipinski definition) is 2. The largest absolute Gasteiger partial charge is 0.508 e. The topological polar surface area (TPSA) is 86.1 Å². The van der Waals surface area contributed by atoms with Gasteiger partial charge in [-0.1, -0.05) is 0 Å². The number of pyridine rings is 1. The fourth-order valence-corrected chi connectivity index (χ4v) is 2.44. The van der Waals surface area contributed by atoms with Crippen molar-refractivity contribution in [3.8, 4) is 0 Å². The lowest BCUT2D eigenvalue weighted by Gasteiger charge is -2.36. The van der Waals surface area contributed by atoms with E-state index in [1.54, 1.807) is 25.7 Å². The van der Waals surface area contributed by atoms with Gasteiger partial charge in [0.05, 0.1) is 11.2 Å². The lowest BCUT2D eigenvalue weighted by Crippen LogP contribution is -2.50. The molecule has 0 unspecified atom stereocenters. The second-order valence-corrected chi connectivity index (χ2v) is 6.96. The Balaban J connectivity index is 2.13. The second-order valence-electron chi connectivity index (χ2n) is 6.96. The minimum absolute atomic E-state index is 0.0215. The smallest absolute Gasteiger partial charge is 0.444 e. The van der Waals surface area contributed by atoms with Gasteiger partial charge in [0, 0.05) is 26.2 Å². The first kappa shape index (κ1) is 20.3. The first-order chi connectivity index (χ1) is 11.9. The number of alkyl halides is 3. The molecule has 1 aromatic heterocycles. The van der Waals surface area contributed by atoms with E-state index in [9.17, 15) is 28.0 Å². The van der Waals surface area contributed by atoms with Crippen LogP contribution in [0.5, 0.6) is 0 Å². The van der Waals surface area contributed by atoms with Gasteiger partial charge in [-0.3, -0.25) is 0 Å². The molecular formula is C15H21BF3N3O4. The first-order valence-electron chi connectivity index (χ1n) is 8.05. The Kier molecular flexibility index (Phi) is 5.71. The molecule has 0 bridgehead atoms. The fraction of sp³-hybridized carbons (Fsp3) is 0.600. The van der Waals surface area contributed by atoms with Crippen molar-refractivity contribution in [1.29, 1.82) is 0 Å². The summed E-state index contributed by atoms with van der Waals surface area (Å²) in [4.78, 5) is 19.0. The summed E-state index contributed by atoms with van der Waals surface area (Å²) < 4.78 is 44.3. The van der Waals surface area contributed by atoms with Gasteiger partial charge in [0.1, 0.15) is 11.4 Å². The molecule has 0 spiro atoms. The van der Waals surface area contributed by atoms with Crippen molar-refractivity contribution in [1.82, 2.24) is 9.88 Å². The Labute approximate surface area is 149 Å². The first-order valence-corrected chi connectivity index (χ1v) is 8.05. The second kappa shape index (κ2) is 7.32. The van der Waals surface area contributed by atoms with Gasteiger partial charge in [-0.15, -0.1) is 0 Å². The summed E-state index contributed by atoms with van der Waals surface area (Å²) in [5.74, 6) is -0.0215. The number of halogens is 3. The number of amides is 1. The number of anilines is 1. The summed E-state index contributed by atoms with van der Waals surface area (Å²) in [5.41, 5.74) is -2.13. The van der Waals surface area contributed by atoms with E-state index in [0.29, 0.717) is 6.07 Å². The summed E-state index contributed by atoms with van der Waals surface area (Å²) in [5, 5.41) is 18.4. The molecule has 26 heavy (non-hydrogen) atoms. The third-order valence-electron chi connectivity index (χ3n) is 3.68. The SMILES string of the molecule is CC(C)(C)OC(=O)N1CCN(c2cc(C(F)(F)F)cc(B(O)O)n2)CC1. The van der Waals surface area contributed by atoms with Crippen LogP contribution in [0.4, 0.5) is 23.8 Å². The van der Waals surface area contributed by atoms with Gasteiger partial charge in [-0.2, -0.15) is 13.2 Å². The monoisotopic (exact) mass is 375 g/mol. The number of aromatic nitrogens is 1. The van der Waals surface area contributed by atoms with Crippen molar-refractivity contribution >= 4 is 24.6 Å². The number of rotatable bonds is 2. The van der Waals surface area contributed by atoms with Gasteiger partial charge in [0.25, 0.3) is 0 Å². The van der Waals surface area contributed by atoms with Crippen molar-refractivity contribution in [2.75, 3.05) is 31.1 Å². The highest BCUT2D eigenvalue weighted by atomic mass is 19.4. The molecule has 2 rings (SSSR count). The molecule has 0 aliphatic carbocycles. The van der Waals surface area contributed by atoms with Gasteiger partial charge < -0.3 is 24.6 Å². The molecule has 1 aliphatic rings. The molecule has 0 atom stereocenters. The van der Waals surface area contributed by atoms with E-state index in [2.05, 4.69) is 4.98 Å². The highest BCUT2D eigenvalue weighted by Crippen LogP contribution is 2.30. The number of carbonyl (C=O) groups excluding carboxylic acids is 1. The lowest BCUT2D eigenvalue weighted by molar-refractivity contribution is -0.137. The molecule has 1 aromatic rings. The van der Waals surface area contributed by atoms with Crippen LogP contribution in [-0.4, -0.2) is 64.9 Å². The molecule has 1 amide bonds. The normalized spacial score (nSPS) is 15.8. The Morgan fingerprint density at radius 3 is 2.19 bits per heavy atom. The van der Waals surface area contributed by atoms with Crippen LogP contribution in [0.1, 0.15) is 26.3 Å². The standard InChI is InChI=1S/C15H21BF3N3O4/c1-14(2,3)26-13(23)22-6-4-21(5-7-22)12-9-10(15(17,18)19)8-11(20-12)16(24)25/h8-9,24-25H,4-7H2,1-3H3. The van der Waals surface area contributed by atoms with Gasteiger partial charge in [0.15, 0.2) is 0 Å². The van der Waals surface area contributed by atoms with Crippen LogP contribution in [0.3, 0.4) is 0 Å². The lowest BCUT2D eigenvalue weighted by atomic mass is 9.84. The fourth-order valence-electron chi connectivity index (χ4n) is 2.44. The highest BCUT2D eigenvalue weighted by molar-refractivity contribution is 6.57. The molecule has 11 heteroatoms. The van der Waals surface area contributed by atoms with Crippen LogP contribution in [0.2, 0.25) is 0 Å². The maximum atomic E-state index is 13.0. The quantitative estimate of drug-likeness (QED) is 0.746. The molecule has 2 N–H and O–H groups in total. The van der Waals surface area contributed by atoms with Crippen molar-refractivity contribution in [3.05, 3.63) is 17.7 Å². The number of carbonyl (C=O) groups is 1. The van der Waals surface area contributed by atoms with E-state index >= 15 is 0 Å². The molecule has 2 heterocycles. The van der Waals surface area contributed by atoms with Gasteiger partial charge in [-0.05, 0) is 32.9 Å². The van der Waals surface area contributed by atoms with Crippen LogP contribution in [-0.2, 0) is 10.9 Å². The Bertz CT molecular complexity index is 657. The van der Waals surface area contributed by atoms with E-state index in [0.717, 1.165) is 6.07 Å². The number of nitrogens with zero attached hydrogens (tertiary/aromatic N) is 3. The third kappa shape index (κ3) is 5.24. The predicted molar refractivity (Wildman–Crippen MR) is 89.1 cm³/mol. The number of ether oxygens (including phenoxy) is 1. The van der Waals surface area contributed by atoms with E-state index in [4.69, 9.17) is 4.74 Å². The summed E-state index contributed by atoms with van der Waals surface area (Å²) in [6, 6.07) is 1.46. The molecule has 1 saturated heterocycles. The predicted octanol–water partition coefficient (Wildman–Crippen LogP) is 0.837. The van der Waals surface area contributed by atoms with Crippen molar-refractivity contribution in [2.24, 2.45) is 0 Å². The van der Waals surface area contributed by atoms with Crippen molar-refractivity contribution < 1.29 is 32.8 Å². The highest BCUT2D eigenvalue weighted by Gasteiger charge is 2.34. The Morgan fingerprint density at radius 2 is 1.73 bits per heavy atom. The molecule has 0 aromatic carbocycles. The van der Waals surface area contributed by atoms with E-state index in [-0.39, 0.29) is 32.0 Å². The van der Waals surface area contributed by atoms with Crippen molar-refractivity contribution in [2.45, 2.75) is 32.5 Å². The molecular weight excluding hydrogens is 354 g/mol. The average molecular weight is 375 g/mol. The number of hydrogen-bond acceptors (Lipinski definition) is 6. The van der Waals surface area contributed by atoms with Crippen LogP contribution in [0.25, 0.3) is 0 Å². The van der Waals surface area contributed by atoms with Crippen LogP contribution >= 0.6 is 0 Å². The van der Waals surface area contributed by atoms with Gasteiger partial charge >= 0.3 is 19.4 Å². The van der Waals surface area contributed by atoms with Crippen LogP contribution < -0.4 is 10.5 Å². The molecule has 0 radical (unpaired) electrons. The third-order valence-corrected chi connectivity index (χ3v) is 3.68. The molecule has 144 valence electrons. The van der Waals surface area contributed by atoms with Crippen LogP contribution in [0.15, 0.2) is 12.1 Å². The average Bonchev–Trinajstić information content (AvgIpc) is 2.52. The zero-order chi connectivity index (χ0) is 19.7. The van der Waals surface area contributed by atoms with Crippen LogP contribution in [0, 0.1) is 0 Å². The number of piperazine rings is 1. The summed E-state index contributed by atoms with van der Waals surface area (Å²) >= 11 is 0. The zero-order valence-electron chi connectivity index (χ0n) is 14.7. The maximum Gasteiger partial charge on any atom is 0.508 e. The summed E-state index contributed by atoms with van der Waals surface area (Å²) in [6.45, 7) is 6.23. The Morgan fingerprint density at radius 1 is 1.15 bits per heavy atom. The molecule has 1 aliphatic heterocycles. The molecule has 0 saturated carbocycles. The minimum Gasteiger partial charge on any atom is -0.444 e. The molecule has 7 nitrogen and oxygen atoms in total. The van der Waals surface area contributed by atoms with Crippen molar-refractivity contribution in [3.63, 3.8) is 0 Å².